The molecule has 0 fully saturated rings. The molecular formula is C41H47N5O6. The Balaban J connectivity index is 1.25. The first-order valence-corrected chi connectivity index (χ1v) is 17.5. The number of hydrogen-bond donors (Lipinski definition) is 5. The van der Waals surface area contributed by atoms with Gasteiger partial charge in [-0.2, -0.15) is 0 Å². The highest BCUT2D eigenvalue weighted by atomic mass is 16.6. The van der Waals surface area contributed by atoms with Crippen LogP contribution in [0, 0.1) is 0 Å². The fraction of sp³-hybridized carbons (Fsp3) is 0.317. The number of fused-ring (bicyclic) bond motifs is 1. The first kappa shape index (κ1) is 37.4. The highest BCUT2D eigenvalue weighted by Gasteiger charge is 2.32. The standard InChI is InChI=1S/C41H47N5O6/c1-27(37(47)45-36(39(49)44-31-15-9-6-10-16-31)24-30-25-42-34-18-12-11-17-33(30)34)43-38(48)35(46-40(50)52-41(2,3)4)23-28-19-21-32(22-20-28)51-26-29-13-7-5-8-14-29/h5-22,27,30,35-36,42H,23-26H2,1-4H3,(H,43,48)(H,44,49)(H,45,47)(H,46,50)/t27-,30?,35-,36-/m0/s1. The molecule has 5 rings (SSSR count). The Bertz CT molecular complexity index is 1810. The van der Waals surface area contributed by atoms with Crippen LogP contribution in [-0.2, 0) is 32.1 Å². The largest absolute Gasteiger partial charge is 0.489 e. The number of ether oxygens (including phenoxy) is 2. The van der Waals surface area contributed by atoms with Crippen LogP contribution in [0.2, 0.25) is 0 Å². The van der Waals surface area contributed by atoms with Gasteiger partial charge >= 0.3 is 6.09 Å². The molecule has 0 radical (unpaired) electrons. The molecule has 1 aliphatic rings. The minimum Gasteiger partial charge on any atom is -0.489 e. The summed E-state index contributed by atoms with van der Waals surface area (Å²) in [6.07, 6.45) is -0.312. The fourth-order valence-corrected chi connectivity index (χ4v) is 5.87. The second kappa shape index (κ2) is 17.4. The molecule has 4 atom stereocenters. The first-order valence-electron chi connectivity index (χ1n) is 17.5. The van der Waals surface area contributed by atoms with E-state index in [-0.39, 0.29) is 18.2 Å². The van der Waals surface area contributed by atoms with E-state index in [1.165, 1.54) is 6.92 Å². The van der Waals surface area contributed by atoms with Gasteiger partial charge in [-0.05, 0) is 81.1 Å². The Hall–Kier alpha value is -5.84. The number of carbonyl (C=O) groups excluding carboxylic acids is 4. The van der Waals surface area contributed by atoms with Crippen molar-refractivity contribution in [2.45, 2.75) is 76.8 Å². The third-order valence-corrected chi connectivity index (χ3v) is 8.51. The molecule has 4 aromatic rings. The number of benzene rings is 4. The molecule has 0 aromatic heterocycles. The van der Waals surface area contributed by atoms with Crippen molar-refractivity contribution in [3.63, 3.8) is 0 Å². The highest BCUT2D eigenvalue weighted by molar-refractivity contribution is 5.98. The maximum atomic E-state index is 13.7. The first-order chi connectivity index (χ1) is 24.9. The molecular weight excluding hydrogens is 658 g/mol. The molecule has 0 saturated carbocycles. The SMILES string of the molecule is C[C@H](NC(=O)[C@H](Cc1ccc(OCc2ccccc2)cc1)NC(=O)OC(C)(C)C)C(=O)N[C@@H](CC1CNc2ccccc21)C(=O)Nc1ccccc1. The minimum atomic E-state index is -1.07. The van der Waals surface area contributed by atoms with E-state index in [4.69, 9.17) is 9.47 Å². The summed E-state index contributed by atoms with van der Waals surface area (Å²) in [4.78, 5) is 53.7. The number of amides is 4. The summed E-state index contributed by atoms with van der Waals surface area (Å²) in [6.45, 7) is 7.75. The van der Waals surface area contributed by atoms with Crippen LogP contribution in [-0.4, -0.2) is 54.1 Å². The van der Waals surface area contributed by atoms with E-state index in [1.54, 1.807) is 45.0 Å². The van der Waals surface area contributed by atoms with Crippen LogP contribution >= 0.6 is 0 Å². The minimum absolute atomic E-state index is 0.0227. The van der Waals surface area contributed by atoms with E-state index < -0.39 is 41.6 Å². The van der Waals surface area contributed by atoms with Gasteiger partial charge in [-0.25, -0.2) is 4.79 Å². The number of anilines is 2. The van der Waals surface area contributed by atoms with E-state index in [0.29, 0.717) is 31.0 Å². The van der Waals surface area contributed by atoms with E-state index in [2.05, 4.69) is 26.6 Å². The van der Waals surface area contributed by atoms with Gasteiger partial charge in [0.2, 0.25) is 17.7 Å². The third-order valence-electron chi connectivity index (χ3n) is 8.51. The zero-order chi connectivity index (χ0) is 37.1. The molecule has 0 saturated heterocycles. The van der Waals surface area contributed by atoms with E-state index in [0.717, 1.165) is 22.4 Å². The summed E-state index contributed by atoms with van der Waals surface area (Å²) in [6, 6.07) is 30.9. The van der Waals surface area contributed by atoms with Crippen LogP contribution in [0.5, 0.6) is 5.75 Å². The summed E-state index contributed by atoms with van der Waals surface area (Å²) >= 11 is 0. The lowest BCUT2D eigenvalue weighted by molar-refractivity contribution is -0.131. The molecule has 272 valence electrons. The van der Waals surface area contributed by atoms with Crippen LogP contribution in [0.15, 0.2) is 109 Å². The lowest BCUT2D eigenvalue weighted by Gasteiger charge is -2.26. The number of para-hydroxylation sites is 2. The lowest BCUT2D eigenvalue weighted by atomic mass is 9.93. The van der Waals surface area contributed by atoms with Crippen LogP contribution in [0.4, 0.5) is 16.2 Å². The average Bonchev–Trinajstić information content (AvgIpc) is 3.53. The Morgan fingerprint density at radius 2 is 1.38 bits per heavy atom. The molecule has 11 heteroatoms. The van der Waals surface area contributed by atoms with Crippen LogP contribution < -0.4 is 31.3 Å². The molecule has 5 N–H and O–H groups in total. The molecule has 1 heterocycles. The molecule has 1 unspecified atom stereocenters. The molecule has 11 nitrogen and oxygen atoms in total. The van der Waals surface area contributed by atoms with E-state index >= 15 is 0 Å². The van der Waals surface area contributed by atoms with Crippen molar-refractivity contribution in [3.8, 4) is 5.75 Å². The van der Waals surface area contributed by atoms with Gasteiger partial charge in [-0.15, -0.1) is 0 Å². The van der Waals surface area contributed by atoms with Gasteiger partial charge in [-0.1, -0.05) is 78.9 Å². The summed E-state index contributed by atoms with van der Waals surface area (Å²) in [5.41, 5.74) is 3.67. The number of rotatable bonds is 14. The molecule has 4 amide bonds. The van der Waals surface area contributed by atoms with Gasteiger partial charge in [0.05, 0.1) is 0 Å². The van der Waals surface area contributed by atoms with Crippen molar-refractivity contribution in [1.82, 2.24) is 16.0 Å². The molecule has 0 spiro atoms. The molecule has 1 aliphatic heterocycles. The maximum Gasteiger partial charge on any atom is 0.408 e. The second-order valence-electron chi connectivity index (χ2n) is 13.9. The Morgan fingerprint density at radius 3 is 2.08 bits per heavy atom. The normalized spacial score (nSPS) is 15.1. The molecule has 0 bridgehead atoms. The number of hydrogen-bond acceptors (Lipinski definition) is 7. The molecule has 0 aliphatic carbocycles. The van der Waals surface area contributed by atoms with Crippen LogP contribution in [0.3, 0.4) is 0 Å². The predicted octanol–water partition coefficient (Wildman–Crippen LogP) is 5.93. The van der Waals surface area contributed by atoms with Crippen molar-refractivity contribution in [2.75, 3.05) is 17.2 Å². The van der Waals surface area contributed by atoms with Crippen molar-refractivity contribution in [2.24, 2.45) is 0 Å². The number of carbonyl (C=O) groups is 4. The Labute approximate surface area is 304 Å². The predicted molar refractivity (Wildman–Crippen MR) is 201 cm³/mol. The topological polar surface area (TPSA) is 147 Å². The van der Waals surface area contributed by atoms with Gasteiger partial charge in [0.25, 0.3) is 0 Å². The van der Waals surface area contributed by atoms with Gasteiger partial charge < -0.3 is 36.1 Å². The van der Waals surface area contributed by atoms with Gasteiger partial charge in [-0.3, -0.25) is 14.4 Å². The zero-order valence-electron chi connectivity index (χ0n) is 30.0. The maximum absolute atomic E-state index is 13.7. The summed E-state index contributed by atoms with van der Waals surface area (Å²) in [5.74, 6) is -0.871. The lowest BCUT2D eigenvalue weighted by Crippen LogP contribution is -2.56. The average molecular weight is 706 g/mol. The van der Waals surface area contributed by atoms with Gasteiger partial charge in [0.15, 0.2) is 0 Å². The van der Waals surface area contributed by atoms with Crippen molar-refractivity contribution < 1.29 is 28.7 Å². The van der Waals surface area contributed by atoms with Crippen molar-refractivity contribution >= 4 is 35.2 Å². The van der Waals surface area contributed by atoms with Crippen molar-refractivity contribution in [1.29, 1.82) is 0 Å². The van der Waals surface area contributed by atoms with Gasteiger partial charge in [0.1, 0.15) is 36.1 Å². The highest BCUT2D eigenvalue weighted by Crippen LogP contribution is 2.34. The summed E-state index contributed by atoms with van der Waals surface area (Å²) in [7, 11) is 0. The molecule has 52 heavy (non-hydrogen) atoms. The summed E-state index contributed by atoms with van der Waals surface area (Å²) < 4.78 is 11.3. The summed E-state index contributed by atoms with van der Waals surface area (Å²) in [5, 5.41) is 14.5. The molecule has 4 aromatic carbocycles. The van der Waals surface area contributed by atoms with Gasteiger partial charge in [0, 0.05) is 30.3 Å². The second-order valence-corrected chi connectivity index (χ2v) is 13.9. The fourth-order valence-electron chi connectivity index (χ4n) is 5.87. The quantitative estimate of drug-likeness (QED) is 0.109. The monoisotopic (exact) mass is 705 g/mol. The van der Waals surface area contributed by atoms with E-state index in [1.807, 2.05) is 84.9 Å². The third kappa shape index (κ3) is 11.1. The Kier molecular flexibility index (Phi) is 12.5. The number of nitrogens with one attached hydrogen (secondary N) is 5. The van der Waals surface area contributed by atoms with Crippen LogP contribution in [0.25, 0.3) is 0 Å². The smallest absolute Gasteiger partial charge is 0.408 e. The van der Waals surface area contributed by atoms with Crippen molar-refractivity contribution in [3.05, 3.63) is 126 Å². The number of alkyl carbamates (subject to hydrolysis) is 1. The van der Waals surface area contributed by atoms with E-state index in [9.17, 15) is 19.2 Å². The Morgan fingerprint density at radius 1 is 0.731 bits per heavy atom. The zero-order valence-corrected chi connectivity index (χ0v) is 30.0. The van der Waals surface area contributed by atoms with Crippen LogP contribution in [0.1, 0.15) is 56.7 Å².